The van der Waals surface area contributed by atoms with Gasteiger partial charge in [0.05, 0.1) is 0 Å². The zero-order valence-electron chi connectivity index (χ0n) is 11.3. The molecule has 0 aromatic heterocycles. The Morgan fingerprint density at radius 3 is 2.22 bits per heavy atom. The van der Waals surface area contributed by atoms with Crippen LogP contribution in [-0.2, 0) is 0 Å². The predicted molar refractivity (Wildman–Crippen MR) is 79.5 cm³/mol. The van der Waals surface area contributed by atoms with E-state index in [0.29, 0.717) is 0 Å². The molecule has 0 bridgehead atoms. The lowest BCUT2D eigenvalue weighted by molar-refractivity contribution is 1.01. The number of rotatable bonds is 3. The van der Waals surface area contributed by atoms with E-state index in [1.807, 2.05) is 12.1 Å². The molecule has 2 nitrogen and oxygen atoms in total. The number of nitrogen functional groups attached to an aromatic ring is 1. The van der Waals surface area contributed by atoms with Crippen LogP contribution in [0.3, 0.4) is 0 Å². The number of hydrogen-bond donors (Lipinski definition) is 1. The van der Waals surface area contributed by atoms with Crippen LogP contribution in [0.2, 0.25) is 0 Å². The fraction of sp³-hybridized carbons (Fsp3) is 0.250. The Bertz CT molecular complexity index is 547. The second-order valence-corrected chi connectivity index (χ2v) is 4.58. The highest BCUT2D eigenvalue weighted by Crippen LogP contribution is 2.31. The maximum Gasteiger partial charge on any atom is 0.0441 e. The Morgan fingerprint density at radius 2 is 1.61 bits per heavy atom. The van der Waals surface area contributed by atoms with Gasteiger partial charge in [-0.05, 0) is 56.2 Å². The second kappa shape index (κ2) is 5.13. The standard InChI is InChI=1S/C16H20N2/c1-4-18(15-8-6-5-7-12(15)2)16-10-9-14(17)11-13(16)3/h5-11H,4,17H2,1-3H3. The summed E-state index contributed by atoms with van der Waals surface area (Å²) in [6, 6.07) is 14.5. The molecule has 0 radical (unpaired) electrons. The van der Waals surface area contributed by atoms with Gasteiger partial charge in [0.15, 0.2) is 0 Å². The zero-order chi connectivity index (χ0) is 13.1. The summed E-state index contributed by atoms with van der Waals surface area (Å²) < 4.78 is 0. The quantitative estimate of drug-likeness (QED) is 0.820. The third-order valence-corrected chi connectivity index (χ3v) is 3.23. The number of para-hydroxylation sites is 1. The van der Waals surface area contributed by atoms with Gasteiger partial charge in [-0.15, -0.1) is 0 Å². The molecule has 0 fully saturated rings. The number of nitrogens with two attached hydrogens (primary N) is 1. The van der Waals surface area contributed by atoms with Crippen molar-refractivity contribution in [2.45, 2.75) is 20.8 Å². The van der Waals surface area contributed by atoms with Gasteiger partial charge in [0.2, 0.25) is 0 Å². The van der Waals surface area contributed by atoms with Crippen LogP contribution in [0.1, 0.15) is 18.1 Å². The Kier molecular flexibility index (Phi) is 3.56. The summed E-state index contributed by atoms with van der Waals surface area (Å²) in [4.78, 5) is 2.32. The second-order valence-electron chi connectivity index (χ2n) is 4.58. The third kappa shape index (κ3) is 2.33. The molecule has 0 amide bonds. The van der Waals surface area contributed by atoms with Crippen molar-refractivity contribution in [3.8, 4) is 0 Å². The molecule has 0 aliphatic carbocycles. The van der Waals surface area contributed by atoms with E-state index in [0.717, 1.165) is 12.2 Å². The van der Waals surface area contributed by atoms with E-state index >= 15 is 0 Å². The molecule has 0 aliphatic rings. The lowest BCUT2D eigenvalue weighted by Gasteiger charge is -2.26. The number of anilines is 3. The summed E-state index contributed by atoms with van der Waals surface area (Å²) in [5, 5.41) is 0. The molecular formula is C16H20N2. The maximum absolute atomic E-state index is 5.82. The van der Waals surface area contributed by atoms with Gasteiger partial charge in [-0.1, -0.05) is 18.2 Å². The SMILES string of the molecule is CCN(c1ccccc1C)c1ccc(N)cc1C. The molecule has 0 aliphatic heterocycles. The van der Waals surface area contributed by atoms with Crippen LogP contribution >= 0.6 is 0 Å². The highest BCUT2D eigenvalue weighted by atomic mass is 15.1. The van der Waals surface area contributed by atoms with E-state index in [1.165, 1.54) is 22.5 Å². The predicted octanol–water partition coefficient (Wildman–Crippen LogP) is 4.04. The van der Waals surface area contributed by atoms with Crippen molar-refractivity contribution in [2.24, 2.45) is 0 Å². The van der Waals surface area contributed by atoms with E-state index in [1.54, 1.807) is 0 Å². The highest BCUT2D eigenvalue weighted by Gasteiger charge is 2.11. The number of benzene rings is 2. The number of hydrogen-bond acceptors (Lipinski definition) is 2. The molecule has 2 heteroatoms. The fourth-order valence-electron chi connectivity index (χ4n) is 2.32. The van der Waals surface area contributed by atoms with Crippen LogP contribution in [0.25, 0.3) is 0 Å². The van der Waals surface area contributed by atoms with Gasteiger partial charge in [0, 0.05) is 23.6 Å². The van der Waals surface area contributed by atoms with Crippen molar-refractivity contribution < 1.29 is 0 Å². The van der Waals surface area contributed by atoms with Crippen molar-refractivity contribution in [3.05, 3.63) is 53.6 Å². The summed E-state index contributed by atoms with van der Waals surface area (Å²) in [6.45, 7) is 7.36. The highest BCUT2D eigenvalue weighted by molar-refractivity contribution is 5.70. The maximum atomic E-state index is 5.82. The van der Waals surface area contributed by atoms with Gasteiger partial charge < -0.3 is 10.6 Å². The van der Waals surface area contributed by atoms with Crippen LogP contribution in [0, 0.1) is 13.8 Å². The van der Waals surface area contributed by atoms with Crippen LogP contribution in [0.15, 0.2) is 42.5 Å². The van der Waals surface area contributed by atoms with Crippen molar-refractivity contribution >= 4 is 17.1 Å². The zero-order valence-corrected chi connectivity index (χ0v) is 11.3. The first-order valence-electron chi connectivity index (χ1n) is 6.32. The Hall–Kier alpha value is -1.96. The van der Waals surface area contributed by atoms with Crippen LogP contribution in [0.4, 0.5) is 17.1 Å². The van der Waals surface area contributed by atoms with Crippen LogP contribution in [-0.4, -0.2) is 6.54 Å². The first-order valence-corrected chi connectivity index (χ1v) is 6.32. The number of nitrogens with zero attached hydrogens (tertiary/aromatic N) is 1. The topological polar surface area (TPSA) is 29.3 Å². The number of aryl methyl sites for hydroxylation is 2. The summed E-state index contributed by atoms with van der Waals surface area (Å²) in [7, 11) is 0. The van der Waals surface area contributed by atoms with Crippen molar-refractivity contribution in [3.63, 3.8) is 0 Å². The van der Waals surface area contributed by atoms with Crippen molar-refractivity contribution in [2.75, 3.05) is 17.2 Å². The molecule has 0 heterocycles. The summed E-state index contributed by atoms with van der Waals surface area (Å²) in [5.74, 6) is 0. The smallest absolute Gasteiger partial charge is 0.0441 e. The summed E-state index contributed by atoms with van der Waals surface area (Å²) in [5.41, 5.74) is 11.6. The normalized spacial score (nSPS) is 10.4. The molecule has 2 rings (SSSR count). The van der Waals surface area contributed by atoms with Gasteiger partial charge in [0.1, 0.15) is 0 Å². The third-order valence-electron chi connectivity index (χ3n) is 3.23. The minimum absolute atomic E-state index is 0.817. The summed E-state index contributed by atoms with van der Waals surface area (Å²) >= 11 is 0. The van der Waals surface area contributed by atoms with E-state index in [2.05, 4.69) is 56.0 Å². The van der Waals surface area contributed by atoms with Crippen molar-refractivity contribution in [1.82, 2.24) is 0 Å². The van der Waals surface area contributed by atoms with Gasteiger partial charge >= 0.3 is 0 Å². The molecule has 2 N–H and O–H groups in total. The van der Waals surface area contributed by atoms with E-state index in [-0.39, 0.29) is 0 Å². The molecule has 0 saturated heterocycles. The van der Waals surface area contributed by atoms with Crippen molar-refractivity contribution in [1.29, 1.82) is 0 Å². The molecule has 94 valence electrons. The Morgan fingerprint density at radius 1 is 0.944 bits per heavy atom. The van der Waals surface area contributed by atoms with Crippen LogP contribution < -0.4 is 10.6 Å². The first kappa shape index (κ1) is 12.5. The van der Waals surface area contributed by atoms with Crippen LogP contribution in [0.5, 0.6) is 0 Å². The average molecular weight is 240 g/mol. The van der Waals surface area contributed by atoms with E-state index < -0.39 is 0 Å². The van der Waals surface area contributed by atoms with E-state index in [9.17, 15) is 0 Å². The fourth-order valence-corrected chi connectivity index (χ4v) is 2.32. The van der Waals surface area contributed by atoms with Gasteiger partial charge in [-0.3, -0.25) is 0 Å². The monoisotopic (exact) mass is 240 g/mol. The molecule has 2 aromatic rings. The Labute approximate surface area is 109 Å². The molecule has 18 heavy (non-hydrogen) atoms. The molecular weight excluding hydrogens is 220 g/mol. The minimum Gasteiger partial charge on any atom is -0.399 e. The molecule has 2 aromatic carbocycles. The van der Waals surface area contributed by atoms with Gasteiger partial charge in [-0.25, -0.2) is 0 Å². The Balaban J connectivity index is 2.49. The average Bonchev–Trinajstić information content (AvgIpc) is 2.34. The largest absolute Gasteiger partial charge is 0.399 e. The molecule has 0 spiro atoms. The molecule has 0 saturated carbocycles. The summed E-state index contributed by atoms with van der Waals surface area (Å²) in [6.07, 6.45) is 0. The lowest BCUT2D eigenvalue weighted by Crippen LogP contribution is -2.18. The molecule has 0 atom stereocenters. The first-order chi connectivity index (χ1) is 8.63. The molecule has 0 unspecified atom stereocenters. The van der Waals surface area contributed by atoms with Gasteiger partial charge in [0.25, 0.3) is 0 Å². The minimum atomic E-state index is 0.817. The van der Waals surface area contributed by atoms with E-state index in [4.69, 9.17) is 5.73 Å². The lowest BCUT2D eigenvalue weighted by atomic mass is 10.1. The van der Waals surface area contributed by atoms with Gasteiger partial charge in [-0.2, -0.15) is 0 Å².